The van der Waals surface area contributed by atoms with Crippen LogP contribution < -0.4 is 10.6 Å². The summed E-state index contributed by atoms with van der Waals surface area (Å²) in [5.41, 5.74) is 4.41. The Balaban J connectivity index is 0.000000306. The lowest BCUT2D eigenvalue weighted by Crippen LogP contribution is -2.32. The van der Waals surface area contributed by atoms with Gasteiger partial charge < -0.3 is 35.8 Å². The number of benzene rings is 2. The number of anilines is 2. The zero-order valence-corrected chi connectivity index (χ0v) is 40.4. The largest absolute Gasteiger partial charge is 0.870 e. The van der Waals surface area contributed by atoms with Gasteiger partial charge >= 0.3 is 0 Å². The van der Waals surface area contributed by atoms with Crippen molar-refractivity contribution in [2.75, 3.05) is 23.8 Å². The average molecular weight is 979 g/mol. The SMILES string of the molecule is C.CC(Nc1c(-c2ccc(F)cc2Cl)c(Cl)nc2c(C=O)cnn12)C(C)(C)C.CCC(O)CO.CCC1COC(c2cnn3c(NC(C)C(C)(C)C)c(-c4ccc(F)cc4Cl)cnc23)O1.[OH-]. The molecule has 1 aliphatic rings. The molecule has 5 unspecified atom stereocenters. The molecule has 5 heterocycles. The fourth-order valence-corrected chi connectivity index (χ4v) is 6.89. The minimum Gasteiger partial charge on any atom is -0.870 e. The van der Waals surface area contributed by atoms with Gasteiger partial charge in [0.15, 0.2) is 23.9 Å². The Kier molecular flexibility index (Phi) is 19.8. The third-order valence-corrected chi connectivity index (χ3v) is 12.1. The summed E-state index contributed by atoms with van der Waals surface area (Å²) in [7, 11) is 0. The third kappa shape index (κ3) is 12.9. The van der Waals surface area contributed by atoms with Crippen LogP contribution in [0.5, 0.6) is 0 Å². The van der Waals surface area contributed by atoms with E-state index in [1.165, 1.54) is 35.0 Å². The van der Waals surface area contributed by atoms with Crippen molar-refractivity contribution >= 4 is 64.0 Å². The van der Waals surface area contributed by atoms with Crippen LogP contribution in [0.1, 0.15) is 112 Å². The number of fused-ring (bicyclic) bond motifs is 2. The van der Waals surface area contributed by atoms with E-state index in [-0.39, 0.29) is 64.5 Å². The lowest BCUT2D eigenvalue weighted by Gasteiger charge is -2.30. The number of aromatic nitrogens is 6. The van der Waals surface area contributed by atoms with Gasteiger partial charge in [-0.3, -0.25) is 4.79 Å². The molecule has 5 atom stereocenters. The van der Waals surface area contributed by atoms with Gasteiger partial charge in [0, 0.05) is 35.0 Å². The second-order valence-electron chi connectivity index (χ2n) is 17.7. The van der Waals surface area contributed by atoms with E-state index >= 15 is 0 Å². The van der Waals surface area contributed by atoms with Crippen LogP contribution in [-0.2, 0) is 9.47 Å². The molecule has 66 heavy (non-hydrogen) atoms. The van der Waals surface area contributed by atoms with Crippen LogP contribution in [0.4, 0.5) is 20.4 Å². The number of rotatable bonds is 11. The van der Waals surface area contributed by atoms with Crippen LogP contribution in [0, 0.1) is 22.5 Å². The molecule has 4 aromatic heterocycles. The van der Waals surface area contributed by atoms with Crippen LogP contribution in [0.3, 0.4) is 0 Å². The Morgan fingerprint density at radius 2 is 1.39 bits per heavy atom. The standard InChI is InChI=1S/C23H28ClFN4O2.C19H19Cl2FN4O.C4H10O2.CH4.H2O/c1-6-15-12-30-22(31-15)18-11-27-29-20(18)26-10-17(16-8-7-14(25)9-19(16)24)21(29)28-13(2)23(3,4)5;1-10(19(2,3)4)24-18-15(13-6-5-12(22)7-14(13)20)16(21)25-17-11(9-27)8-23-26(17)18;1-2-4(6)3-5;;/h7-11,13,15,22,28H,6,12H2,1-5H3;5-10,24H,1-4H3;4-6H,2-3H2,1H3;1H4;1H2/p-1. The number of carbonyl (C=O) groups excluding carboxylic acids is 1. The predicted octanol–water partition coefficient (Wildman–Crippen LogP) is 11.6. The van der Waals surface area contributed by atoms with E-state index in [1.54, 1.807) is 29.0 Å². The first-order valence-electron chi connectivity index (χ1n) is 21.0. The highest BCUT2D eigenvalue weighted by Gasteiger charge is 2.31. The number of aldehydes is 1. The Labute approximate surface area is 400 Å². The molecule has 5 N–H and O–H groups in total. The van der Waals surface area contributed by atoms with Crippen molar-refractivity contribution in [2.24, 2.45) is 10.8 Å². The van der Waals surface area contributed by atoms with E-state index in [4.69, 9.17) is 54.5 Å². The first-order valence-corrected chi connectivity index (χ1v) is 22.2. The van der Waals surface area contributed by atoms with Gasteiger partial charge in [-0.15, -0.1) is 0 Å². The van der Waals surface area contributed by atoms with Crippen LogP contribution in [0.15, 0.2) is 55.0 Å². The molecular weight excluding hydrogens is 917 g/mol. The normalized spacial score (nSPS) is 16.2. The average Bonchev–Trinajstić information content (AvgIpc) is 4.00. The first-order chi connectivity index (χ1) is 30.1. The molecule has 0 saturated carbocycles. The zero-order valence-electron chi connectivity index (χ0n) is 38.1. The van der Waals surface area contributed by atoms with E-state index in [9.17, 15) is 13.6 Å². The van der Waals surface area contributed by atoms with Crippen LogP contribution in [-0.4, -0.2) is 88.7 Å². The minimum atomic E-state index is -0.509. The number of hydrogen-bond donors (Lipinski definition) is 4. The van der Waals surface area contributed by atoms with E-state index in [2.05, 4.69) is 86.2 Å². The number of halogens is 5. The number of aliphatic hydroxyl groups excluding tert-OH is 2. The van der Waals surface area contributed by atoms with E-state index in [0.717, 1.165) is 23.4 Å². The Morgan fingerprint density at radius 1 is 0.848 bits per heavy atom. The maximum Gasteiger partial charge on any atom is 0.189 e. The molecule has 7 rings (SSSR count). The lowest BCUT2D eigenvalue weighted by atomic mass is 9.88. The fourth-order valence-electron chi connectivity index (χ4n) is 6.09. The van der Waals surface area contributed by atoms with E-state index < -0.39 is 18.2 Å². The smallest absolute Gasteiger partial charge is 0.189 e. The third-order valence-electron chi connectivity index (χ3n) is 11.2. The molecule has 0 aliphatic carbocycles. The van der Waals surface area contributed by atoms with Crippen molar-refractivity contribution in [1.82, 2.24) is 29.2 Å². The van der Waals surface area contributed by atoms with Gasteiger partial charge in [-0.25, -0.2) is 18.7 Å². The molecule has 1 fully saturated rings. The number of aliphatic hydroxyl groups is 2. The summed E-state index contributed by atoms with van der Waals surface area (Å²) < 4.78 is 42.3. The van der Waals surface area contributed by atoms with Crippen LogP contribution in [0.25, 0.3) is 33.5 Å². The fraction of sp³-hybridized carbons (Fsp3) is 0.468. The number of nitrogens with zero attached hydrogens (tertiary/aromatic N) is 6. The molecule has 2 aromatic carbocycles. The number of ether oxygens (including phenoxy) is 2. The highest BCUT2D eigenvalue weighted by molar-refractivity contribution is 6.36. The summed E-state index contributed by atoms with van der Waals surface area (Å²) in [5, 5.41) is 33.0. The van der Waals surface area contributed by atoms with Crippen molar-refractivity contribution in [3.8, 4) is 22.3 Å². The van der Waals surface area contributed by atoms with Crippen molar-refractivity contribution in [3.05, 3.63) is 92.9 Å². The molecule has 14 nitrogen and oxygen atoms in total. The molecule has 1 saturated heterocycles. The van der Waals surface area contributed by atoms with Gasteiger partial charge in [-0.2, -0.15) is 19.2 Å². The van der Waals surface area contributed by atoms with Crippen molar-refractivity contribution in [3.63, 3.8) is 0 Å². The summed E-state index contributed by atoms with van der Waals surface area (Å²) in [6.07, 6.45) is 6.14. The van der Waals surface area contributed by atoms with Gasteiger partial charge in [-0.05, 0) is 73.9 Å². The van der Waals surface area contributed by atoms with Crippen molar-refractivity contribution in [1.29, 1.82) is 0 Å². The van der Waals surface area contributed by atoms with Gasteiger partial charge in [0.25, 0.3) is 0 Å². The monoisotopic (exact) mass is 977 g/mol. The van der Waals surface area contributed by atoms with Gasteiger partial charge in [0.2, 0.25) is 0 Å². The summed E-state index contributed by atoms with van der Waals surface area (Å²) in [6.45, 7) is 21.2. The molecule has 0 bridgehead atoms. The first kappa shape index (κ1) is 55.8. The van der Waals surface area contributed by atoms with Crippen LogP contribution in [0.2, 0.25) is 15.2 Å². The maximum atomic E-state index is 13.7. The summed E-state index contributed by atoms with van der Waals surface area (Å²) >= 11 is 19.1. The highest BCUT2D eigenvalue weighted by atomic mass is 35.5. The topological polar surface area (TPSA) is 190 Å². The number of nitrogens with one attached hydrogen (secondary N) is 2. The minimum absolute atomic E-state index is 0. The molecule has 19 heteroatoms. The number of carbonyl (C=O) groups is 1. The number of hydrogen-bond acceptors (Lipinski definition) is 12. The van der Waals surface area contributed by atoms with E-state index in [1.807, 2.05) is 13.8 Å². The molecule has 0 radical (unpaired) electrons. The Hall–Kier alpha value is -4.52. The molecule has 362 valence electrons. The van der Waals surface area contributed by atoms with Crippen molar-refractivity contribution < 1.29 is 38.7 Å². The lowest BCUT2D eigenvalue weighted by molar-refractivity contribution is -0.0595. The molecule has 6 aromatic rings. The Bertz CT molecular complexity index is 2560. The van der Waals surface area contributed by atoms with Crippen molar-refractivity contribution in [2.45, 2.75) is 120 Å². The summed E-state index contributed by atoms with van der Waals surface area (Å²) in [5.74, 6) is 0.433. The summed E-state index contributed by atoms with van der Waals surface area (Å²) in [6, 6.07) is 8.54. The van der Waals surface area contributed by atoms with Gasteiger partial charge in [0.05, 0.1) is 64.6 Å². The predicted molar refractivity (Wildman–Crippen MR) is 258 cm³/mol. The maximum absolute atomic E-state index is 13.7. The molecular formula is C47H62Cl3F2N8O6-. The highest BCUT2D eigenvalue weighted by Crippen LogP contribution is 2.41. The molecule has 1 aliphatic heterocycles. The molecule has 0 amide bonds. The quantitative estimate of drug-likeness (QED) is 0.0711. The summed E-state index contributed by atoms with van der Waals surface area (Å²) in [4.78, 5) is 20.3. The van der Waals surface area contributed by atoms with E-state index in [0.29, 0.717) is 63.7 Å². The Morgan fingerprint density at radius 3 is 1.88 bits per heavy atom. The second-order valence-corrected chi connectivity index (χ2v) is 18.9. The van der Waals surface area contributed by atoms with Gasteiger partial charge in [-0.1, -0.05) is 97.6 Å². The second kappa shape index (κ2) is 23.5. The molecule has 0 spiro atoms. The van der Waals surface area contributed by atoms with Crippen LogP contribution >= 0.6 is 34.8 Å². The van der Waals surface area contributed by atoms with Gasteiger partial charge in [0.1, 0.15) is 28.4 Å². The zero-order chi connectivity index (χ0) is 47.3.